The Balaban J connectivity index is 2.77. The van der Waals surface area contributed by atoms with E-state index in [-0.39, 0.29) is 5.92 Å². The first-order chi connectivity index (χ1) is 10.7. The van der Waals surface area contributed by atoms with Crippen molar-refractivity contribution in [2.45, 2.75) is 38.8 Å². The molecule has 0 radical (unpaired) electrons. The maximum absolute atomic E-state index is 12.4. The minimum atomic E-state index is -2.87. The SMILES string of the molecule is CC(C)C(NC(=O)c1cccs1)C(=O)NC(CC(F)F)C(=O)O. The maximum Gasteiger partial charge on any atom is 0.326 e. The number of carboxylic acids is 1. The lowest BCUT2D eigenvalue weighted by Crippen LogP contribution is -2.54. The van der Waals surface area contributed by atoms with Gasteiger partial charge in [0.05, 0.1) is 4.88 Å². The number of halogens is 2. The smallest absolute Gasteiger partial charge is 0.326 e. The van der Waals surface area contributed by atoms with E-state index < -0.39 is 42.7 Å². The Kier molecular flexibility index (Phi) is 7.08. The van der Waals surface area contributed by atoms with Gasteiger partial charge in [0.1, 0.15) is 12.1 Å². The van der Waals surface area contributed by atoms with Gasteiger partial charge in [0.2, 0.25) is 12.3 Å². The van der Waals surface area contributed by atoms with Gasteiger partial charge in [-0.15, -0.1) is 11.3 Å². The second-order valence-corrected chi connectivity index (χ2v) is 6.15. The molecule has 3 N–H and O–H groups in total. The molecule has 0 fully saturated rings. The van der Waals surface area contributed by atoms with Crippen LogP contribution in [0.5, 0.6) is 0 Å². The Hall–Kier alpha value is -2.03. The number of hydrogen-bond donors (Lipinski definition) is 3. The van der Waals surface area contributed by atoms with Crippen LogP contribution < -0.4 is 10.6 Å². The second kappa shape index (κ2) is 8.56. The summed E-state index contributed by atoms with van der Waals surface area (Å²) in [5, 5.41) is 15.1. The highest BCUT2D eigenvalue weighted by molar-refractivity contribution is 7.12. The molecule has 0 aliphatic carbocycles. The van der Waals surface area contributed by atoms with E-state index in [9.17, 15) is 23.2 Å². The second-order valence-electron chi connectivity index (χ2n) is 5.20. The number of aliphatic carboxylic acids is 1. The zero-order chi connectivity index (χ0) is 17.6. The summed E-state index contributed by atoms with van der Waals surface area (Å²) < 4.78 is 24.7. The molecule has 2 amide bonds. The molecule has 0 saturated carbocycles. The van der Waals surface area contributed by atoms with E-state index in [1.807, 2.05) is 0 Å². The average molecular weight is 348 g/mol. The van der Waals surface area contributed by atoms with E-state index in [1.165, 1.54) is 11.3 Å². The lowest BCUT2D eigenvalue weighted by Gasteiger charge is -2.23. The molecule has 0 aromatic carbocycles. The van der Waals surface area contributed by atoms with Gasteiger partial charge in [-0.2, -0.15) is 0 Å². The van der Waals surface area contributed by atoms with E-state index in [0.29, 0.717) is 4.88 Å². The van der Waals surface area contributed by atoms with E-state index in [0.717, 1.165) is 0 Å². The molecule has 0 aliphatic heterocycles. The van der Waals surface area contributed by atoms with Crippen LogP contribution in [0.3, 0.4) is 0 Å². The van der Waals surface area contributed by atoms with Crippen molar-refractivity contribution in [2.75, 3.05) is 0 Å². The Morgan fingerprint density at radius 2 is 1.91 bits per heavy atom. The molecule has 1 aromatic heterocycles. The number of alkyl halides is 2. The summed E-state index contributed by atoms with van der Waals surface area (Å²) in [6, 6.07) is 0.519. The van der Waals surface area contributed by atoms with Crippen molar-refractivity contribution in [1.29, 1.82) is 0 Å². The Labute approximate surface area is 135 Å². The first-order valence-corrected chi connectivity index (χ1v) is 7.76. The van der Waals surface area contributed by atoms with Crippen molar-refractivity contribution >= 4 is 29.1 Å². The van der Waals surface area contributed by atoms with Crippen molar-refractivity contribution in [3.63, 3.8) is 0 Å². The number of amides is 2. The summed E-state index contributed by atoms with van der Waals surface area (Å²) in [5.41, 5.74) is 0. The van der Waals surface area contributed by atoms with Crippen LogP contribution in [0, 0.1) is 5.92 Å². The number of carbonyl (C=O) groups is 3. The number of carboxylic acid groups (broad SMARTS) is 1. The topological polar surface area (TPSA) is 95.5 Å². The van der Waals surface area contributed by atoms with Crippen molar-refractivity contribution < 1.29 is 28.3 Å². The fraction of sp³-hybridized carbons (Fsp3) is 0.500. The third-order valence-corrected chi connectivity index (χ3v) is 3.88. The van der Waals surface area contributed by atoms with Gasteiger partial charge in [0.25, 0.3) is 5.91 Å². The first kappa shape index (κ1) is 19.0. The van der Waals surface area contributed by atoms with Crippen LogP contribution in [-0.4, -0.2) is 41.4 Å². The number of carbonyl (C=O) groups excluding carboxylic acids is 2. The highest BCUT2D eigenvalue weighted by Crippen LogP contribution is 2.11. The molecule has 9 heteroatoms. The van der Waals surface area contributed by atoms with Crippen LogP contribution in [0.1, 0.15) is 29.9 Å². The molecule has 2 unspecified atom stereocenters. The van der Waals surface area contributed by atoms with Gasteiger partial charge in [-0.05, 0) is 17.4 Å². The summed E-state index contributed by atoms with van der Waals surface area (Å²) in [6.07, 6.45) is -3.86. The maximum atomic E-state index is 12.4. The molecule has 0 bridgehead atoms. The summed E-state index contributed by atoms with van der Waals surface area (Å²) in [4.78, 5) is 35.5. The molecule has 1 aromatic rings. The molecule has 0 saturated heterocycles. The van der Waals surface area contributed by atoms with Crippen LogP contribution in [0.15, 0.2) is 17.5 Å². The van der Waals surface area contributed by atoms with Crippen molar-refractivity contribution in [3.05, 3.63) is 22.4 Å². The van der Waals surface area contributed by atoms with Gasteiger partial charge in [0.15, 0.2) is 0 Å². The normalized spacial score (nSPS) is 13.7. The summed E-state index contributed by atoms with van der Waals surface area (Å²) in [5.74, 6) is -3.18. The molecule has 0 aliphatic rings. The van der Waals surface area contributed by atoms with Crippen LogP contribution in [0.2, 0.25) is 0 Å². The minimum absolute atomic E-state index is 0.347. The fourth-order valence-electron chi connectivity index (χ4n) is 1.82. The lowest BCUT2D eigenvalue weighted by molar-refractivity contribution is -0.143. The third kappa shape index (κ3) is 5.93. The molecule has 1 rings (SSSR count). The zero-order valence-corrected chi connectivity index (χ0v) is 13.4. The highest BCUT2D eigenvalue weighted by Gasteiger charge is 2.30. The molecule has 6 nitrogen and oxygen atoms in total. The van der Waals surface area contributed by atoms with Crippen LogP contribution in [0.25, 0.3) is 0 Å². The number of thiophene rings is 1. The van der Waals surface area contributed by atoms with E-state index in [1.54, 1.807) is 31.4 Å². The highest BCUT2D eigenvalue weighted by atomic mass is 32.1. The predicted molar refractivity (Wildman–Crippen MR) is 80.6 cm³/mol. The fourth-order valence-corrected chi connectivity index (χ4v) is 2.44. The molecule has 1 heterocycles. The number of rotatable bonds is 8. The van der Waals surface area contributed by atoms with Crippen molar-refractivity contribution in [2.24, 2.45) is 5.92 Å². The minimum Gasteiger partial charge on any atom is -0.480 e. The monoisotopic (exact) mass is 348 g/mol. The van der Waals surface area contributed by atoms with E-state index in [2.05, 4.69) is 10.6 Å². The molecule has 23 heavy (non-hydrogen) atoms. The van der Waals surface area contributed by atoms with Crippen LogP contribution in [0.4, 0.5) is 8.78 Å². The molecular formula is C14H18F2N2O4S. The first-order valence-electron chi connectivity index (χ1n) is 6.88. The quantitative estimate of drug-likeness (QED) is 0.667. The standard InChI is InChI=1S/C14H18F2N2O4S/c1-7(2)11(18-12(19)9-4-3-5-23-9)13(20)17-8(14(21)22)6-10(15)16/h3-5,7-8,10-11H,6H2,1-2H3,(H,17,20)(H,18,19)(H,21,22). The van der Waals surface area contributed by atoms with Gasteiger partial charge >= 0.3 is 5.97 Å². The summed E-state index contributed by atoms with van der Waals surface area (Å²) in [6.45, 7) is 3.31. The lowest BCUT2D eigenvalue weighted by atomic mass is 10.0. The largest absolute Gasteiger partial charge is 0.480 e. The molecule has 0 spiro atoms. The zero-order valence-electron chi connectivity index (χ0n) is 12.6. The van der Waals surface area contributed by atoms with Gasteiger partial charge in [-0.1, -0.05) is 19.9 Å². The molecular weight excluding hydrogens is 330 g/mol. The van der Waals surface area contributed by atoms with Crippen LogP contribution >= 0.6 is 11.3 Å². The van der Waals surface area contributed by atoms with Gasteiger partial charge in [-0.25, -0.2) is 13.6 Å². The average Bonchev–Trinajstić information content (AvgIpc) is 2.96. The molecule has 128 valence electrons. The predicted octanol–water partition coefficient (Wildman–Crippen LogP) is 1.73. The number of nitrogens with one attached hydrogen (secondary N) is 2. The Bertz CT molecular complexity index is 549. The van der Waals surface area contributed by atoms with Gasteiger partial charge in [0, 0.05) is 6.42 Å². The van der Waals surface area contributed by atoms with E-state index in [4.69, 9.17) is 5.11 Å². The molecule has 2 atom stereocenters. The number of hydrogen-bond acceptors (Lipinski definition) is 4. The van der Waals surface area contributed by atoms with E-state index >= 15 is 0 Å². The van der Waals surface area contributed by atoms with Gasteiger partial charge in [-0.3, -0.25) is 9.59 Å². The Morgan fingerprint density at radius 1 is 1.26 bits per heavy atom. The summed E-state index contributed by atoms with van der Waals surface area (Å²) >= 11 is 1.19. The van der Waals surface area contributed by atoms with Crippen molar-refractivity contribution in [1.82, 2.24) is 10.6 Å². The van der Waals surface area contributed by atoms with Crippen LogP contribution in [-0.2, 0) is 9.59 Å². The Morgan fingerprint density at radius 3 is 2.35 bits per heavy atom. The third-order valence-electron chi connectivity index (χ3n) is 3.01. The van der Waals surface area contributed by atoms with Crippen molar-refractivity contribution in [3.8, 4) is 0 Å². The van der Waals surface area contributed by atoms with Gasteiger partial charge < -0.3 is 15.7 Å². The summed E-state index contributed by atoms with van der Waals surface area (Å²) in [7, 11) is 0.